The molecule has 0 saturated heterocycles. The molecule has 27 heavy (non-hydrogen) atoms. The van der Waals surface area contributed by atoms with Crippen LogP contribution in [0.4, 0.5) is 0 Å². The van der Waals surface area contributed by atoms with Crippen molar-refractivity contribution >= 4 is 10.9 Å². The predicted molar refractivity (Wildman–Crippen MR) is 112 cm³/mol. The zero-order valence-corrected chi connectivity index (χ0v) is 16.7. The fraction of sp³-hybridized carbons (Fsp3) is 0.391. The van der Waals surface area contributed by atoms with Gasteiger partial charge in [0.15, 0.2) is 0 Å². The second-order valence-electron chi connectivity index (χ2n) is 7.97. The number of nitrogens with zero attached hydrogens (tertiary/aromatic N) is 1. The van der Waals surface area contributed by atoms with E-state index < -0.39 is 0 Å². The van der Waals surface area contributed by atoms with E-state index in [0.29, 0.717) is 6.61 Å². The largest absolute Gasteiger partial charge is 0.493 e. The van der Waals surface area contributed by atoms with Gasteiger partial charge >= 0.3 is 0 Å². The van der Waals surface area contributed by atoms with Gasteiger partial charge in [0, 0.05) is 29.1 Å². The van der Waals surface area contributed by atoms with Crippen molar-refractivity contribution in [3.05, 3.63) is 54.1 Å². The summed E-state index contributed by atoms with van der Waals surface area (Å²) in [6, 6.07) is 16.3. The van der Waals surface area contributed by atoms with E-state index in [0.717, 1.165) is 46.4 Å². The first-order chi connectivity index (χ1) is 12.9. The maximum absolute atomic E-state index is 9.64. The molecule has 4 heteroatoms. The minimum absolute atomic E-state index is 0.0414. The second kappa shape index (κ2) is 8.15. The van der Waals surface area contributed by atoms with Gasteiger partial charge < -0.3 is 19.7 Å². The van der Waals surface area contributed by atoms with E-state index in [1.807, 2.05) is 30.3 Å². The van der Waals surface area contributed by atoms with Crippen LogP contribution in [-0.2, 0) is 13.7 Å². The van der Waals surface area contributed by atoms with Crippen LogP contribution in [-0.4, -0.2) is 28.4 Å². The monoisotopic (exact) mass is 366 g/mol. The van der Waals surface area contributed by atoms with Gasteiger partial charge in [-0.05, 0) is 63.6 Å². The highest BCUT2D eigenvalue weighted by atomic mass is 16.5. The first-order valence-electron chi connectivity index (χ1n) is 9.56. The molecule has 0 radical (unpaired) electrons. The number of benzene rings is 2. The van der Waals surface area contributed by atoms with Crippen LogP contribution in [0.15, 0.2) is 48.5 Å². The molecule has 0 aliphatic carbocycles. The minimum Gasteiger partial charge on any atom is -0.493 e. The van der Waals surface area contributed by atoms with E-state index in [4.69, 9.17) is 4.74 Å². The molecule has 144 valence electrons. The summed E-state index contributed by atoms with van der Waals surface area (Å²) in [5.74, 6) is 0.893. The summed E-state index contributed by atoms with van der Waals surface area (Å²) < 4.78 is 8.28. The summed E-state index contributed by atoms with van der Waals surface area (Å²) >= 11 is 0. The Kier molecular flexibility index (Phi) is 5.88. The number of fused-ring (bicyclic) bond motifs is 1. The molecule has 2 aromatic carbocycles. The summed E-state index contributed by atoms with van der Waals surface area (Å²) in [7, 11) is 2.06. The number of hydrogen-bond acceptors (Lipinski definition) is 3. The topological polar surface area (TPSA) is 46.4 Å². The maximum atomic E-state index is 9.64. The van der Waals surface area contributed by atoms with Crippen LogP contribution >= 0.6 is 0 Å². The van der Waals surface area contributed by atoms with Gasteiger partial charge in [-0.15, -0.1) is 0 Å². The molecule has 2 N–H and O–H groups in total. The molecule has 0 amide bonds. The van der Waals surface area contributed by atoms with Crippen molar-refractivity contribution in [3.8, 4) is 17.0 Å². The van der Waals surface area contributed by atoms with E-state index in [1.54, 1.807) is 0 Å². The summed E-state index contributed by atoms with van der Waals surface area (Å²) in [4.78, 5) is 0. The van der Waals surface area contributed by atoms with Gasteiger partial charge in [-0.3, -0.25) is 0 Å². The van der Waals surface area contributed by atoms with Gasteiger partial charge in [-0.2, -0.15) is 0 Å². The lowest BCUT2D eigenvalue weighted by Gasteiger charge is -2.20. The molecule has 0 bridgehead atoms. The molecule has 3 aromatic rings. The molecule has 0 spiro atoms. The lowest BCUT2D eigenvalue weighted by atomic mass is 10.1. The van der Waals surface area contributed by atoms with Crippen molar-refractivity contribution in [3.63, 3.8) is 0 Å². The third kappa shape index (κ3) is 4.52. The molecule has 0 aliphatic rings. The standard InChI is InChI=1S/C23H30N2O2/c1-23(2,3)24-13-8-14-27-22-12-6-5-10-18(22)21-15-19-17(16-26)9-7-11-20(19)25(21)4/h5-7,9-12,15,24,26H,8,13-14,16H2,1-4H3. The highest BCUT2D eigenvalue weighted by molar-refractivity contribution is 5.90. The Morgan fingerprint density at radius 3 is 2.59 bits per heavy atom. The third-order valence-electron chi connectivity index (χ3n) is 4.74. The van der Waals surface area contributed by atoms with E-state index in [1.165, 1.54) is 0 Å². The van der Waals surface area contributed by atoms with Crippen molar-refractivity contribution in [2.45, 2.75) is 39.3 Å². The zero-order valence-electron chi connectivity index (χ0n) is 16.7. The molecule has 1 heterocycles. The van der Waals surface area contributed by atoms with Gasteiger partial charge in [-0.25, -0.2) is 0 Å². The molecule has 1 aromatic heterocycles. The molecule has 0 aliphatic heterocycles. The van der Waals surface area contributed by atoms with E-state index >= 15 is 0 Å². The second-order valence-corrected chi connectivity index (χ2v) is 7.97. The third-order valence-corrected chi connectivity index (χ3v) is 4.74. The van der Waals surface area contributed by atoms with Gasteiger partial charge in [0.05, 0.1) is 18.9 Å². The molecule has 0 fully saturated rings. The normalized spacial score (nSPS) is 11.9. The Balaban J connectivity index is 1.82. The first-order valence-corrected chi connectivity index (χ1v) is 9.56. The SMILES string of the molecule is Cn1c(-c2ccccc2OCCCNC(C)(C)C)cc2c(CO)cccc21. The Morgan fingerprint density at radius 1 is 1.07 bits per heavy atom. The lowest BCUT2D eigenvalue weighted by molar-refractivity contribution is 0.283. The number of aliphatic hydroxyl groups excluding tert-OH is 1. The van der Waals surface area contributed by atoms with Gasteiger partial charge in [0.2, 0.25) is 0 Å². The van der Waals surface area contributed by atoms with Crippen LogP contribution in [0.3, 0.4) is 0 Å². The number of nitrogens with one attached hydrogen (secondary N) is 1. The van der Waals surface area contributed by atoms with Crippen molar-refractivity contribution in [2.24, 2.45) is 7.05 Å². The van der Waals surface area contributed by atoms with E-state index in [9.17, 15) is 5.11 Å². The Morgan fingerprint density at radius 2 is 1.85 bits per heavy atom. The maximum Gasteiger partial charge on any atom is 0.128 e. The number of aryl methyl sites for hydroxylation is 1. The fourth-order valence-electron chi connectivity index (χ4n) is 3.34. The number of hydrogen-bond donors (Lipinski definition) is 2. The van der Waals surface area contributed by atoms with Gasteiger partial charge in [0.25, 0.3) is 0 Å². The van der Waals surface area contributed by atoms with Crippen molar-refractivity contribution < 1.29 is 9.84 Å². The molecule has 4 nitrogen and oxygen atoms in total. The van der Waals surface area contributed by atoms with Crippen molar-refractivity contribution in [1.82, 2.24) is 9.88 Å². The van der Waals surface area contributed by atoms with Crippen LogP contribution in [0, 0.1) is 0 Å². The Hall–Kier alpha value is -2.30. The van der Waals surface area contributed by atoms with Crippen LogP contribution < -0.4 is 10.1 Å². The average molecular weight is 367 g/mol. The fourth-order valence-corrected chi connectivity index (χ4v) is 3.34. The van der Waals surface area contributed by atoms with Gasteiger partial charge in [0.1, 0.15) is 5.75 Å². The molecular formula is C23H30N2O2. The molecule has 0 unspecified atom stereocenters. The zero-order chi connectivity index (χ0) is 19.4. The number of para-hydroxylation sites is 1. The summed E-state index contributed by atoms with van der Waals surface area (Å²) in [5.41, 5.74) is 4.35. The number of rotatable bonds is 7. The molecule has 0 atom stereocenters. The van der Waals surface area contributed by atoms with E-state index in [-0.39, 0.29) is 12.1 Å². The summed E-state index contributed by atoms with van der Waals surface area (Å²) in [5, 5.41) is 14.2. The predicted octanol–water partition coefficient (Wildman–Crippen LogP) is 4.49. The molecule has 0 saturated carbocycles. The quantitative estimate of drug-likeness (QED) is 0.606. The lowest BCUT2D eigenvalue weighted by Crippen LogP contribution is -2.36. The average Bonchev–Trinajstić information content (AvgIpc) is 2.98. The number of ether oxygens (including phenoxy) is 1. The van der Waals surface area contributed by atoms with Crippen LogP contribution in [0.25, 0.3) is 22.2 Å². The minimum atomic E-state index is 0.0414. The Bertz CT molecular complexity index is 906. The highest BCUT2D eigenvalue weighted by Gasteiger charge is 2.14. The smallest absolute Gasteiger partial charge is 0.128 e. The van der Waals surface area contributed by atoms with Crippen molar-refractivity contribution in [1.29, 1.82) is 0 Å². The number of aliphatic hydroxyl groups is 1. The van der Waals surface area contributed by atoms with Crippen LogP contribution in [0.2, 0.25) is 0 Å². The Labute approximate surface area is 161 Å². The van der Waals surface area contributed by atoms with Crippen LogP contribution in [0.5, 0.6) is 5.75 Å². The number of aromatic nitrogens is 1. The first kappa shape index (κ1) is 19.5. The van der Waals surface area contributed by atoms with E-state index in [2.05, 4.69) is 55.9 Å². The van der Waals surface area contributed by atoms with Crippen molar-refractivity contribution in [2.75, 3.05) is 13.2 Å². The summed E-state index contributed by atoms with van der Waals surface area (Å²) in [6.45, 7) is 8.16. The van der Waals surface area contributed by atoms with Crippen LogP contribution in [0.1, 0.15) is 32.8 Å². The summed E-state index contributed by atoms with van der Waals surface area (Å²) in [6.07, 6.45) is 0.954. The highest BCUT2D eigenvalue weighted by Crippen LogP contribution is 2.34. The molecular weight excluding hydrogens is 336 g/mol. The molecule has 3 rings (SSSR count). The van der Waals surface area contributed by atoms with Gasteiger partial charge in [-0.1, -0.05) is 24.3 Å².